The molecule has 0 saturated heterocycles. The normalized spacial score (nSPS) is 12.4. The summed E-state index contributed by atoms with van der Waals surface area (Å²) in [6, 6.07) is 0. The maximum absolute atomic E-state index is 12.5. The predicted octanol–water partition coefficient (Wildman–Crippen LogP) is 4.10. The molecule has 1 rings (SSSR count). The van der Waals surface area contributed by atoms with Gasteiger partial charge in [0.1, 0.15) is 0 Å². The maximum atomic E-state index is 12.5. The third kappa shape index (κ3) is 2.50. The van der Waals surface area contributed by atoms with Gasteiger partial charge in [-0.1, -0.05) is 23.8 Å². The highest BCUT2D eigenvalue weighted by molar-refractivity contribution is 6.33. The summed E-state index contributed by atoms with van der Waals surface area (Å²) in [5, 5.41) is -0.298. The van der Waals surface area contributed by atoms with E-state index >= 15 is 0 Å². The first-order valence-electron chi connectivity index (χ1n) is 4.23. The summed E-state index contributed by atoms with van der Waals surface area (Å²) in [5.74, 6) is 0. The highest BCUT2D eigenvalue weighted by atomic mass is 35.5. The molecule has 82 valence electrons. The summed E-state index contributed by atoms with van der Waals surface area (Å²) in [6.45, 7) is 3.32. The van der Waals surface area contributed by atoms with Gasteiger partial charge in [0.25, 0.3) is 0 Å². The Bertz CT molecular complexity index is 396. The number of nitrogens with zero attached hydrogens (tertiary/aromatic N) is 1. The molecule has 0 spiro atoms. The number of hydrogen-bond donors (Lipinski definition) is 0. The molecule has 1 aromatic heterocycles. The Morgan fingerprint density at radius 2 is 2.00 bits per heavy atom. The Morgan fingerprint density at radius 3 is 2.47 bits per heavy atom. The summed E-state index contributed by atoms with van der Waals surface area (Å²) in [5.41, 5.74) is -0.108. The summed E-state index contributed by atoms with van der Waals surface area (Å²) in [6.07, 6.45) is -0.575. The van der Waals surface area contributed by atoms with Crippen molar-refractivity contribution < 1.29 is 13.2 Å². The minimum absolute atomic E-state index is 0.298. The number of pyridine rings is 1. The van der Waals surface area contributed by atoms with E-state index in [-0.39, 0.29) is 5.02 Å². The van der Waals surface area contributed by atoms with Crippen LogP contribution in [0.15, 0.2) is 12.3 Å². The molecular formula is C10H9ClF3N. The monoisotopic (exact) mass is 235 g/mol. The Morgan fingerprint density at radius 1 is 1.40 bits per heavy atom. The zero-order valence-electron chi connectivity index (χ0n) is 8.19. The number of halogens is 4. The van der Waals surface area contributed by atoms with Crippen LogP contribution in [0.2, 0.25) is 5.02 Å². The highest BCUT2D eigenvalue weighted by Crippen LogP contribution is 2.36. The van der Waals surface area contributed by atoms with Gasteiger partial charge in [0.2, 0.25) is 0 Å². The lowest BCUT2D eigenvalue weighted by atomic mass is 10.1. The van der Waals surface area contributed by atoms with Crippen molar-refractivity contribution in [2.75, 3.05) is 0 Å². The van der Waals surface area contributed by atoms with E-state index in [0.29, 0.717) is 11.3 Å². The fourth-order valence-electron chi connectivity index (χ4n) is 1.15. The lowest BCUT2D eigenvalue weighted by Gasteiger charge is -2.11. The minimum Gasteiger partial charge on any atom is -0.260 e. The van der Waals surface area contributed by atoms with Crippen LogP contribution < -0.4 is 0 Å². The van der Waals surface area contributed by atoms with Gasteiger partial charge in [-0.15, -0.1) is 0 Å². The molecule has 0 radical (unpaired) electrons. The first-order valence-corrected chi connectivity index (χ1v) is 4.60. The molecule has 0 unspecified atom stereocenters. The van der Waals surface area contributed by atoms with Crippen molar-refractivity contribution in [2.45, 2.75) is 20.0 Å². The Hall–Kier alpha value is -1.03. The summed E-state index contributed by atoms with van der Waals surface area (Å²) in [4.78, 5) is 3.67. The van der Waals surface area contributed by atoms with Gasteiger partial charge < -0.3 is 0 Å². The standard InChI is InChI=1S/C10H9ClF3N/c1-3-4-7-6(2)15-5-8(9(7)11)10(12,13)14/h3-5H,1-2H3. The lowest BCUT2D eigenvalue weighted by molar-refractivity contribution is -0.137. The van der Waals surface area contributed by atoms with Gasteiger partial charge in [0.05, 0.1) is 10.6 Å². The Labute approximate surface area is 90.6 Å². The second-order valence-corrected chi connectivity index (χ2v) is 3.36. The highest BCUT2D eigenvalue weighted by Gasteiger charge is 2.34. The second-order valence-electron chi connectivity index (χ2n) is 2.98. The Kier molecular flexibility index (Phi) is 3.39. The molecule has 0 saturated carbocycles. The van der Waals surface area contributed by atoms with Crippen molar-refractivity contribution >= 4 is 17.7 Å². The van der Waals surface area contributed by atoms with Gasteiger partial charge in [-0.3, -0.25) is 4.98 Å². The zero-order chi connectivity index (χ0) is 11.6. The van der Waals surface area contributed by atoms with Crippen molar-refractivity contribution in [1.29, 1.82) is 0 Å². The average molecular weight is 236 g/mol. The molecule has 0 aliphatic rings. The SMILES string of the molecule is CC=Cc1c(C)ncc(C(F)(F)F)c1Cl. The molecule has 0 atom stereocenters. The molecule has 0 fully saturated rings. The maximum Gasteiger partial charge on any atom is 0.419 e. The number of alkyl halides is 3. The van der Waals surface area contributed by atoms with Crippen molar-refractivity contribution in [3.8, 4) is 0 Å². The number of allylic oxidation sites excluding steroid dienone is 1. The van der Waals surface area contributed by atoms with Gasteiger partial charge in [-0.2, -0.15) is 13.2 Å². The number of hydrogen-bond acceptors (Lipinski definition) is 1. The van der Waals surface area contributed by atoms with Crippen LogP contribution in [-0.4, -0.2) is 4.98 Å². The second kappa shape index (κ2) is 4.23. The van der Waals surface area contributed by atoms with Crippen molar-refractivity contribution in [3.05, 3.63) is 34.1 Å². The zero-order valence-corrected chi connectivity index (χ0v) is 8.95. The fraction of sp³-hybridized carbons (Fsp3) is 0.300. The van der Waals surface area contributed by atoms with Gasteiger partial charge in [0, 0.05) is 17.5 Å². The fourth-order valence-corrected chi connectivity index (χ4v) is 1.51. The molecule has 15 heavy (non-hydrogen) atoms. The number of aromatic nitrogens is 1. The van der Waals surface area contributed by atoms with Gasteiger partial charge in [-0.05, 0) is 13.8 Å². The average Bonchev–Trinajstić information content (AvgIpc) is 2.09. The quantitative estimate of drug-likeness (QED) is 0.714. The Balaban J connectivity index is 3.41. The molecule has 0 bridgehead atoms. The molecule has 1 aromatic rings. The third-order valence-corrected chi connectivity index (χ3v) is 2.30. The van der Waals surface area contributed by atoms with E-state index in [1.165, 1.54) is 6.08 Å². The van der Waals surface area contributed by atoms with E-state index in [4.69, 9.17) is 11.6 Å². The molecule has 0 N–H and O–H groups in total. The van der Waals surface area contributed by atoms with E-state index in [9.17, 15) is 13.2 Å². The largest absolute Gasteiger partial charge is 0.419 e. The molecule has 0 aliphatic heterocycles. The van der Waals surface area contributed by atoms with Crippen LogP contribution in [-0.2, 0) is 6.18 Å². The van der Waals surface area contributed by atoms with Crippen molar-refractivity contribution in [3.63, 3.8) is 0 Å². The minimum atomic E-state index is -4.46. The molecule has 1 nitrogen and oxygen atoms in total. The van der Waals surface area contributed by atoms with Crippen LogP contribution in [0.5, 0.6) is 0 Å². The molecule has 5 heteroatoms. The summed E-state index contributed by atoms with van der Waals surface area (Å²) >= 11 is 5.67. The lowest BCUT2D eigenvalue weighted by Crippen LogP contribution is -2.08. The van der Waals surface area contributed by atoms with E-state index in [2.05, 4.69) is 4.98 Å². The van der Waals surface area contributed by atoms with Crippen LogP contribution in [0.25, 0.3) is 6.08 Å². The van der Waals surface area contributed by atoms with Crippen LogP contribution in [0, 0.1) is 6.92 Å². The van der Waals surface area contributed by atoms with E-state index in [1.54, 1.807) is 19.9 Å². The van der Waals surface area contributed by atoms with E-state index in [1.807, 2.05) is 0 Å². The van der Waals surface area contributed by atoms with Crippen LogP contribution in [0.1, 0.15) is 23.7 Å². The molecule has 1 heterocycles. The predicted molar refractivity (Wildman–Crippen MR) is 53.7 cm³/mol. The van der Waals surface area contributed by atoms with E-state index < -0.39 is 11.7 Å². The smallest absolute Gasteiger partial charge is 0.260 e. The molecule has 0 aromatic carbocycles. The van der Waals surface area contributed by atoms with Crippen molar-refractivity contribution in [1.82, 2.24) is 4.98 Å². The van der Waals surface area contributed by atoms with Crippen LogP contribution in [0.4, 0.5) is 13.2 Å². The molecule has 0 aliphatic carbocycles. The third-order valence-electron chi connectivity index (χ3n) is 1.89. The van der Waals surface area contributed by atoms with Crippen molar-refractivity contribution in [2.24, 2.45) is 0 Å². The van der Waals surface area contributed by atoms with Gasteiger partial charge >= 0.3 is 6.18 Å². The molecular weight excluding hydrogens is 227 g/mol. The first-order chi connectivity index (χ1) is 6.88. The van der Waals surface area contributed by atoms with Crippen LogP contribution >= 0.6 is 11.6 Å². The topological polar surface area (TPSA) is 12.9 Å². The number of aryl methyl sites for hydroxylation is 1. The summed E-state index contributed by atoms with van der Waals surface area (Å²) in [7, 11) is 0. The number of rotatable bonds is 1. The van der Waals surface area contributed by atoms with E-state index in [0.717, 1.165) is 6.20 Å². The van der Waals surface area contributed by atoms with Gasteiger partial charge in [-0.25, -0.2) is 0 Å². The van der Waals surface area contributed by atoms with Gasteiger partial charge in [0.15, 0.2) is 0 Å². The summed E-state index contributed by atoms with van der Waals surface area (Å²) < 4.78 is 37.4. The van der Waals surface area contributed by atoms with Crippen LogP contribution in [0.3, 0.4) is 0 Å². The first kappa shape index (κ1) is 12.0. The molecule has 0 amide bonds.